The van der Waals surface area contributed by atoms with E-state index < -0.39 is 18.0 Å². The van der Waals surface area contributed by atoms with Crippen molar-refractivity contribution in [2.24, 2.45) is 0 Å². The third-order valence-corrected chi connectivity index (χ3v) is 5.39. The highest BCUT2D eigenvalue weighted by Crippen LogP contribution is 2.23. The lowest BCUT2D eigenvalue weighted by Gasteiger charge is -2.22. The van der Waals surface area contributed by atoms with Crippen LogP contribution in [0.2, 0.25) is 5.02 Å². The number of benzene rings is 1. The van der Waals surface area contributed by atoms with E-state index in [2.05, 4.69) is 15.4 Å². The van der Waals surface area contributed by atoms with E-state index in [1.54, 1.807) is 12.3 Å². The highest BCUT2D eigenvalue weighted by molar-refractivity contribution is 6.30. The fourth-order valence-electron chi connectivity index (χ4n) is 3.70. The maximum absolute atomic E-state index is 13.9. The molecule has 2 atom stereocenters. The van der Waals surface area contributed by atoms with Gasteiger partial charge in [0.05, 0.1) is 59.9 Å². The maximum Gasteiger partial charge on any atom is 0.226 e. The second kappa shape index (κ2) is 8.67. The average molecular weight is 433 g/mol. The van der Waals surface area contributed by atoms with Gasteiger partial charge in [0.15, 0.2) is 0 Å². The first-order chi connectivity index (χ1) is 14.4. The van der Waals surface area contributed by atoms with Crippen LogP contribution in [0.5, 0.6) is 0 Å². The van der Waals surface area contributed by atoms with Crippen molar-refractivity contribution in [3.63, 3.8) is 0 Å². The second-order valence-electron chi connectivity index (χ2n) is 7.32. The predicted octanol–water partition coefficient (Wildman–Crippen LogP) is 2.58. The molecule has 0 radical (unpaired) electrons. The summed E-state index contributed by atoms with van der Waals surface area (Å²) in [6.45, 7) is 2.79. The predicted molar refractivity (Wildman–Crippen MR) is 110 cm³/mol. The normalized spacial score (nSPS) is 20.5. The zero-order chi connectivity index (χ0) is 21.3. The number of aromatic nitrogens is 3. The van der Waals surface area contributed by atoms with Crippen molar-refractivity contribution in [3.05, 3.63) is 58.3 Å². The van der Waals surface area contributed by atoms with E-state index in [9.17, 15) is 14.3 Å². The lowest BCUT2D eigenvalue weighted by atomic mass is 10.1. The zero-order valence-electron chi connectivity index (χ0n) is 16.4. The highest BCUT2D eigenvalue weighted by atomic mass is 35.5. The van der Waals surface area contributed by atoms with Crippen molar-refractivity contribution in [2.45, 2.75) is 38.5 Å². The van der Waals surface area contributed by atoms with Gasteiger partial charge in [0, 0.05) is 18.4 Å². The highest BCUT2D eigenvalue weighted by Gasteiger charge is 2.21. The second-order valence-corrected chi connectivity index (χ2v) is 7.73. The van der Waals surface area contributed by atoms with Crippen LogP contribution in [0.4, 0.5) is 4.39 Å². The number of aliphatic hydroxyl groups is 1. The van der Waals surface area contributed by atoms with Gasteiger partial charge in [-0.1, -0.05) is 17.7 Å². The summed E-state index contributed by atoms with van der Waals surface area (Å²) in [6, 6.07) is 5.62. The van der Waals surface area contributed by atoms with Gasteiger partial charge in [-0.15, -0.1) is 0 Å². The number of amides is 1. The molecule has 158 valence electrons. The van der Waals surface area contributed by atoms with Crippen LogP contribution in [0.15, 0.2) is 30.5 Å². The first-order valence-electron chi connectivity index (χ1n) is 9.79. The maximum atomic E-state index is 13.9. The van der Waals surface area contributed by atoms with Crippen LogP contribution in [-0.4, -0.2) is 45.1 Å². The number of nitrogens with one attached hydrogen (secondary N) is 1. The summed E-state index contributed by atoms with van der Waals surface area (Å²) in [7, 11) is 0. The number of carbonyl (C=O) groups excluding carboxylic acids is 1. The molecule has 0 unspecified atom stereocenters. The number of aryl methyl sites for hydroxylation is 1. The number of carbonyl (C=O) groups is 1. The standard InChI is InChI=1S/C21H22ClFN4O3/c1-2-27-21-13(9-24-27)5-14-7-20(29)26-19(12-3-4-16(22)17(23)6-12)11-30-10-15(28)8-18(21)25-14/h3-6,9,15,19,28H,2,7-8,10-11H2,1H3,(H,26,29)/t15-,19-/m1/s1. The molecular weight excluding hydrogens is 411 g/mol. The molecule has 1 aliphatic heterocycles. The number of halogens is 2. The number of rotatable bonds is 2. The molecule has 9 heteroatoms. The Kier molecular flexibility index (Phi) is 5.99. The lowest BCUT2D eigenvalue weighted by molar-refractivity contribution is -0.121. The summed E-state index contributed by atoms with van der Waals surface area (Å²) in [6.07, 6.45) is 1.27. The van der Waals surface area contributed by atoms with Crippen molar-refractivity contribution >= 4 is 28.4 Å². The van der Waals surface area contributed by atoms with Crippen LogP contribution in [0.1, 0.15) is 29.9 Å². The molecule has 1 amide bonds. The Morgan fingerprint density at radius 2 is 2.20 bits per heavy atom. The molecule has 1 aromatic carbocycles. The monoisotopic (exact) mass is 432 g/mol. The number of fused-ring (bicyclic) bond motifs is 4. The van der Waals surface area contributed by atoms with Gasteiger partial charge >= 0.3 is 0 Å². The van der Waals surface area contributed by atoms with E-state index in [-0.39, 0.29) is 37.0 Å². The molecular formula is C21H22ClFN4O3. The van der Waals surface area contributed by atoms with Crippen LogP contribution < -0.4 is 5.32 Å². The molecule has 0 saturated heterocycles. The molecule has 3 aromatic rings. The van der Waals surface area contributed by atoms with Crippen molar-refractivity contribution in [2.75, 3.05) is 13.2 Å². The Hall–Kier alpha value is -2.55. The summed E-state index contributed by atoms with van der Waals surface area (Å²) < 4.78 is 21.4. The number of aliphatic hydroxyl groups excluding tert-OH is 1. The van der Waals surface area contributed by atoms with Gasteiger partial charge in [0.2, 0.25) is 5.91 Å². The third kappa shape index (κ3) is 4.30. The minimum Gasteiger partial charge on any atom is -0.390 e. The summed E-state index contributed by atoms with van der Waals surface area (Å²) in [5.74, 6) is -0.833. The van der Waals surface area contributed by atoms with Gasteiger partial charge in [-0.25, -0.2) is 4.39 Å². The molecule has 0 saturated carbocycles. The number of hydrogen-bond acceptors (Lipinski definition) is 5. The van der Waals surface area contributed by atoms with E-state index in [0.29, 0.717) is 23.5 Å². The van der Waals surface area contributed by atoms with Crippen molar-refractivity contribution in [1.29, 1.82) is 0 Å². The van der Waals surface area contributed by atoms with Gasteiger partial charge in [0.25, 0.3) is 0 Å². The van der Waals surface area contributed by atoms with E-state index in [4.69, 9.17) is 16.3 Å². The largest absolute Gasteiger partial charge is 0.390 e. The average Bonchev–Trinajstić information content (AvgIpc) is 3.12. The Morgan fingerprint density at radius 3 is 2.97 bits per heavy atom. The first kappa shape index (κ1) is 20.7. The van der Waals surface area contributed by atoms with Crippen LogP contribution >= 0.6 is 11.6 Å². The third-order valence-electron chi connectivity index (χ3n) is 5.09. The number of ether oxygens (including phenoxy) is 1. The quantitative estimate of drug-likeness (QED) is 0.649. The van der Waals surface area contributed by atoms with Crippen LogP contribution in [0.25, 0.3) is 10.9 Å². The summed E-state index contributed by atoms with van der Waals surface area (Å²) in [5.41, 5.74) is 2.65. The van der Waals surface area contributed by atoms with Gasteiger partial charge in [-0.2, -0.15) is 5.10 Å². The van der Waals surface area contributed by atoms with Gasteiger partial charge in [-0.3, -0.25) is 14.5 Å². The number of pyridine rings is 1. The molecule has 2 bridgehead atoms. The Balaban J connectivity index is 1.67. The van der Waals surface area contributed by atoms with Gasteiger partial charge in [0.1, 0.15) is 5.82 Å². The topological polar surface area (TPSA) is 89.3 Å². The molecule has 1 aliphatic rings. The zero-order valence-corrected chi connectivity index (χ0v) is 17.2. The Labute approximate surface area is 177 Å². The molecule has 7 nitrogen and oxygen atoms in total. The summed E-state index contributed by atoms with van der Waals surface area (Å²) >= 11 is 5.77. The lowest BCUT2D eigenvalue weighted by Crippen LogP contribution is -2.34. The Morgan fingerprint density at radius 1 is 1.37 bits per heavy atom. The summed E-state index contributed by atoms with van der Waals surface area (Å²) in [5, 5.41) is 18.6. The SMILES string of the molecule is CCn1ncc2cc3nc(c21)C[C@@H](O)COC[C@H](c1ccc(Cl)c(F)c1)NC(=O)C3. The molecule has 0 aliphatic carbocycles. The van der Waals surface area contributed by atoms with Gasteiger partial charge < -0.3 is 15.2 Å². The minimum atomic E-state index is -0.783. The molecule has 30 heavy (non-hydrogen) atoms. The van der Waals surface area contributed by atoms with Crippen LogP contribution in [0.3, 0.4) is 0 Å². The van der Waals surface area contributed by atoms with E-state index in [1.807, 2.05) is 17.7 Å². The van der Waals surface area contributed by atoms with Crippen molar-refractivity contribution in [1.82, 2.24) is 20.1 Å². The molecule has 0 spiro atoms. The van der Waals surface area contributed by atoms with Crippen LogP contribution in [0, 0.1) is 5.82 Å². The molecule has 3 heterocycles. The summed E-state index contributed by atoms with van der Waals surface area (Å²) in [4.78, 5) is 17.3. The van der Waals surface area contributed by atoms with E-state index in [1.165, 1.54) is 12.1 Å². The molecule has 2 aromatic heterocycles. The van der Waals surface area contributed by atoms with E-state index in [0.717, 1.165) is 10.9 Å². The fraction of sp³-hybridized carbons (Fsp3) is 0.381. The van der Waals surface area contributed by atoms with Crippen molar-refractivity contribution in [3.8, 4) is 0 Å². The smallest absolute Gasteiger partial charge is 0.226 e. The van der Waals surface area contributed by atoms with E-state index >= 15 is 0 Å². The number of nitrogens with zero attached hydrogens (tertiary/aromatic N) is 3. The molecule has 4 rings (SSSR count). The fourth-order valence-corrected chi connectivity index (χ4v) is 3.81. The van der Waals surface area contributed by atoms with Crippen molar-refractivity contribution < 1.29 is 19.0 Å². The molecule has 2 N–H and O–H groups in total. The molecule has 0 fully saturated rings. The minimum absolute atomic E-state index is 0.00669. The Bertz CT molecular complexity index is 1090. The first-order valence-corrected chi connectivity index (χ1v) is 10.2. The number of hydrogen-bond donors (Lipinski definition) is 2. The van der Waals surface area contributed by atoms with Crippen LogP contribution in [-0.2, 0) is 28.9 Å². The van der Waals surface area contributed by atoms with Gasteiger partial charge in [-0.05, 0) is 30.7 Å².